The molecule has 0 aliphatic carbocycles. The van der Waals surface area contributed by atoms with Gasteiger partial charge in [-0.15, -0.1) is 11.3 Å². The van der Waals surface area contributed by atoms with Crippen molar-refractivity contribution >= 4 is 39.5 Å². The van der Waals surface area contributed by atoms with E-state index in [9.17, 15) is 4.79 Å². The molecule has 1 amide bonds. The minimum atomic E-state index is -0.0557. The van der Waals surface area contributed by atoms with Gasteiger partial charge >= 0.3 is 0 Å². The van der Waals surface area contributed by atoms with Crippen LogP contribution in [0.5, 0.6) is 0 Å². The van der Waals surface area contributed by atoms with Gasteiger partial charge in [0.1, 0.15) is 11.3 Å². The summed E-state index contributed by atoms with van der Waals surface area (Å²) in [6.07, 6.45) is 7.38. The van der Waals surface area contributed by atoms with Crippen molar-refractivity contribution in [3.8, 4) is 11.1 Å². The summed E-state index contributed by atoms with van der Waals surface area (Å²) in [5.41, 5.74) is 3.23. The zero-order valence-electron chi connectivity index (χ0n) is 13.8. The molecule has 0 spiro atoms. The first-order valence-electron chi connectivity index (χ1n) is 8.19. The van der Waals surface area contributed by atoms with E-state index in [1.165, 1.54) is 11.3 Å². The lowest BCUT2D eigenvalue weighted by atomic mass is 10.1. The molecule has 1 aliphatic rings. The predicted octanol–water partition coefficient (Wildman–Crippen LogP) is 4.13. The largest absolute Gasteiger partial charge is 0.306 e. The standard InChI is InChI=1S/C18H14ClN5OS/c1-11-9-23(16-5-3-14(19)26-16)18(25)17-13(8-21-24(11)17)12-2-4-15-20-6-7-22(15)10-12/h2-8,10-11H,9H2,1H3/t11-/m0/s1. The number of fused-ring (bicyclic) bond motifs is 2. The molecule has 130 valence electrons. The van der Waals surface area contributed by atoms with E-state index in [4.69, 9.17) is 11.6 Å². The van der Waals surface area contributed by atoms with Crippen LogP contribution in [0, 0.1) is 0 Å². The van der Waals surface area contributed by atoms with E-state index < -0.39 is 0 Å². The number of carbonyl (C=O) groups is 1. The highest BCUT2D eigenvalue weighted by Gasteiger charge is 2.34. The second-order valence-corrected chi connectivity index (χ2v) is 8.00. The van der Waals surface area contributed by atoms with E-state index in [-0.39, 0.29) is 11.9 Å². The molecular weight excluding hydrogens is 370 g/mol. The molecule has 0 N–H and O–H groups in total. The van der Waals surface area contributed by atoms with E-state index in [0.29, 0.717) is 16.6 Å². The topological polar surface area (TPSA) is 55.4 Å². The fourth-order valence-corrected chi connectivity index (χ4v) is 4.43. The number of carbonyl (C=O) groups excluding carboxylic acids is 1. The summed E-state index contributed by atoms with van der Waals surface area (Å²) in [7, 11) is 0. The third kappa shape index (κ3) is 2.28. The van der Waals surface area contributed by atoms with E-state index in [1.807, 2.05) is 45.7 Å². The van der Waals surface area contributed by atoms with Crippen LogP contribution in [0.4, 0.5) is 5.00 Å². The summed E-state index contributed by atoms with van der Waals surface area (Å²) >= 11 is 7.48. The third-order valence-corrected chi connectivity index (χ3v) is 5.89. The fourth-order valence-electron chi connectivity index (χ4n) is 3.39. The molecule has 0 saturated carbocycles. The molecule has 0 aromatic carbocycles. The Kier molecular flexibility index (Phi) is 3.41. The Morgan fingerprint density at radius 2 is 2.15 bits per heavy atom. The zero-order chi connectivity index (χ0) is 17.8. The highest BCUT2D eigenvalue weighted by Crippen LogP contribution is 2.36. The summed E-state index contributed by atoms with van der Waals surface area (Å²) in [5.74, 6) is -0.0557. The van der Waals surface area contributed by atoms with Crippen molar-refractivity contribution in [1.82, 2.24) is 19.2 Å². The molecule has 5 rings (SSSR count). The minimum Gasteiger partial charge on any atom is -0.306 e. The van der Waals surface area contributed by atoms with Gasteiger partial charge in [0.25, 0.3) is 5.91 Å². The summed E-state index contributed by atoms with van der Waals surface area (Å²) in [4.78, 5) is 19.3. The Labute approximate surface area is 158 Å². The van der Waals surface area contributed by atoms with Crippen molar-refractivity contribution < 1.29 is 4.79 Å². The second kappa shape index (κ2) is 5.69. The number of thiophene rings is 1. The molecule has 0 bridgehead atoms. The van der Waals surface area contributed by atoms with E-state index in [2.05, 4.69) is 17.0 Å². The van der Waals surface area contributed by atoms with Crippen molar-refractivity contribution in [2.75, 3.05) is 11.4 Å². The van der Waals surface area contributed by atoms with E-state index in [1.54, 1.807) is 17.3 Å². The number of amides is 1. The molecule has 4 aromatic rings. The number of hydrogen-bond donors (Lipinski definition) is 0. The van der Waals surface area contributed by atoms with Crippen LogP contribution in [0.1, 0.15) is 23.5 Å². The second-order valence-electron chi connectivity index (χ2n) is 6.30. The third-order valence-electron chi connectivity index (χ3n) is 4.63. The van der Waals surface area contributed by atoms with Gasteiger partial charge in [0.15, 0.2) is 0 Å². The van der Waals surface area contributed by atoms with Crippen LogP contribution in [0.15, 0.2) is 49.1 Å². The van der Waals surface area contributed by atoms with Crippen LogP contribution in [0.3, 0.4) is 0 Å². The average molecular weight is 384 g/mol. The number of rotatable bonds is 2. The van der Waals surface area contributed by atoms with Gasteiger partial charge in [0, 0.05) is 36.3 Å². The first-order chi connectivity index (χ1) is 12.6. The monoisotopic (exact) mass is 383 g/mol. The van der Waals surface area contributed by atoms with Gasteiger partial charge in [0.05, 0.1) is 21.6 Å². The van der Waals surface area contributed by atoms with Gasteiger partial charge in [-0.25, -0.2) is 4.98 Å². The van der Waals surface area contributed by atoms with Crippen LogP contribution in [-0.4, -0.2) is 31.6 Å². The maximum Gasteiger partial charge on any atom is 0.277 e. The number of nitrogens with zero attached hydrogens (tertiary/aromatic N) is 5. The first-order valence-corrected chi connectivity index (χ1v) is 9.39. The van der Waals surface area contributed by atoms with E-state index >= 15 is 0 Å². The molecule has 26 heavy (non-hydrogen) atoms. The molecular formula is C18H14ClN5OS. The van der Waals surface area contributed by atoms with Crippen LogP contribution < -0.4 is 4.90 Å². The first kappa shape index (κ1) is 15.6. The number of imidazole rings is 1. The Hall–Kier alpha value is -2.64. The molecule has 1 aliphatic heterocycles. The molecule has 0 unspecified atom stereocenters. The molecule has 0 saturated heterocycles. The Balaban J connectivity index is 1.64. The van der Waals surface area contributed by atoms with Gasteiger partial charge in [-0.05, 0) is 31.2 Å². The molecule has 6 nitrogen and oxygen atoms in total. The highest BCUT2D eigenvalue weighted by molar-refractivity contribution is 7.20. The number of hydrogen-bond acceptors (Lipinski definition) is 4. The van der Waals surface area contributed by atoms with Gasteiger partial charge in [-0.3, -0.25) is 14.4 Å². The minimum absolute atomic E-state index is 0.0557. The maximum absolute atomic E-state index is 13.3. The maximum atomic E-state index is 13.3. The fraction of sp³-hybridized carbons (Fsp3) is 0.167. The molecule has 1 atom stereocenters. The number of anilines is 1. The summed E-state index contributed by atoms with van der Waals surface area (Å²) in [5, 5.41) is 5.34. The van der Waals surface area contributed by atoms with Gasteiger partial charge in [-0.2, -0.15) is 5.10 Å². The smallest absolute Gasteiger partial charge is 0.277 e. The Bertz CT molecular complexity index is 1140. The van der Waals surface area contributed by atoms with Crippen LogP contribution in [0.2, 0.25) is 4.34 Å². The summed E-state index contributed by atoms with van der Waals surface area (Å²) in [6.45, 7) is 2.64. The van der Waals surface area contributed by atoms with Crippen LogP contribution in [-0.2, 0) is 0 Å². The van der Waals surface area contributed by atoms with Crippen molar-refractivity contribution in [3.05, 3.63) is 59.1 Å². The molecule has 0 radical (unpaired) electrons. The highest BCUT2D eigenvalue weighted by atomic mass is 35.5. The molecule has 5 heterocycles. The predicted molar refractivity (Wildman–Crippen MR) is 102 cm³/mol. The molecule has 0 fully saturated rings. The molecule has 8 heteroatoms. The number of halogens is 1. The lowest BCUT2D eigenvalue weighted by Crippen LogP contribution is -2.42. The van der Waals surface area contributed by atoms with Gasteiger partial charge in [0.2, 0.25) is 0 Å². The number of pyridine rings is 1. The van der Waals surface area contributed by atoms with Crippen LogP contribution >= 0.6 is 22.9 Å². The zero-order valence-corrected chi connectivity index (χ0v) is 15.4. The summed E-state index contributed by atoms with van der Waals surface area (Å²) < 4.78 is 4.43. The van der Waals surface area contributed by atoms with Crippen molar-refractivity contribution in [1.29, 1.82) is 0 Å². The van der Waals surface area contributed by atoms with E-state index in [0.717, 1.165) is 21.8 Å². The normalized spacial score (nSPS) is 17.1. The van der Waals surface area contributed by atoms with Gasteiger partial charge < -0.3 is 4.40 Å². The van der Waals surface area contributed by atoms with Gasteiger partial charge in [-0.1, -0.05) is 11.6 Å². The van der Waals surface area contributed by atoms with Crippen LogP contribution in [0.25, 0.3) is 16.8 Å². The quantitative estimate of drug-likeness (QED) is 0.523. The Morgan fingerprint density at radius 3 is 2.96 bits per heavy atom. The summed E-state index contributed by atoms with van der Waals surface area (Å²) in [6, 6.07) is 7.70. The SMILES string of the molecule is C[C@H]1CN(c2ccc(Cl)s2)C(=O)c2c(-c3ccc4nccn4c3)cnn21. The van der Waals surface area contributed by atoms with Crippen molar-refractivity contribution in [2.45, 2.75) is 13.0 Å². The average Bonchev–Trinajstić information content (AvgIpc) is 3.36. The lowest BCUT2D eigenvalue weighted by Gasteiger charge is -2.31. The van der Waals surface area contributed by atoms with Crippen molar-refractivity contribution in [2.24, 2.45) is 0 Å². The van der Waals surface area contributed by atoms with Crippen molar-refractivity contribution in [3.63, 3.8) is 0 Å². The lowest BCUT2D eigenvalue weighted by molar-refractivity contribution is 0.0955. The Morgan fingerprint density at radius 1 is 1.27 bits per heavy atom. The number of aromatic nitrogens is 4. The molecule has 4 aromatic heterocycles.